The van der Waals surface area contributed by atoms with E-state index in [9.17, 15) is 15.2 Å². The molecule has 0 aliphatic carbocycles. The number of benzene rings is 2. The van der Waals surface area contributed by atoms with Crippen LogP contribution in [0.5, 0.6) is 0 Å². The van der Waals surface area contributed by atoms with Crippen molar-refractivity contribution in [2.24, 2.45) is 0 Å². The molecular weight excluding hydrogens is 340 g/mol. The number of halogens is 1. The van der Waals surface area contributed by atoms with Crippen molar-refractivity contribution in [2.45, 2.75) is 6.42 Å². The van der Waals surface area contributed by atoms with E-state index in [1.165, 1.54) is 12.4 Å². The van der Waals surface area contributed by atoms with Crippen LogP contribution in [0.25, 0.3) is 10.8 Å². The molecular formula is C18H13ClN4O2. The Morgan fingerprint density at radius 3 is 2.76 bits per heavy atom. The number of hydrogen-bond donors (Lipinski definition) is 1. The number of nitriles is 1. The molecule has 7 heteroatoms. The number of rotatable bonds is 4. The van der Waals surface area contributed by atoms with E-state index in [1.54, 1.807) is 6.07 Å². The van der Waals surface area contributed by atoms with Crippen LogP contribution in [0.1, 0.15) is 11.1 Å². The largest absolute Gasteiger partial charge is 0.465 e. The highest BCUT2D eigenvalue weighted by Crippen LogP contribution is 2.24. The van der Waals surface area contributed by atoms with Crippen LogP contribution in [0.2, 0.25) is 5.15 Å². The van der Waals surface area contributed by atoms with Gasteiger partial charge in [-0.05, 0) is 28.8 Å². The summed E-state index contributed by atoms with van der Waals surface area (Å²) in [6.07, 6.45) is 0.443. The van der Waals surface area contributed by atoms with Crippen LogP contribution < -0.4 is 4.90 Å². The first-order valence-electron chi connectivity index (χ1n) is 7.49. The van der Waals surface area contributed by atoms with Crippen molar-refractivity contribution in [1.82, 2.24) is 9.97 Å². The molecule has 25 heavy (non-hydrogen) atoms. The SMILES string of the molecule is N#Cc1ccc2ccccc2c1CCN(C(=O)O)c1cc(Cl)ncn1. The molecule has 3 rings (SSSR count). The summed E-state index contributed by atoms with van der Waals surface area (Å²) in [7, 11) is 0. The number of carboxylic acid groups (broad SMARTS) is 1. The molecule has 1 N–H and O–H groups in total. The van der Waals surface area contributed by atoms with E-state index < -0.39 is 6.09 Å². The molecule has 0 saturated carbocycles. The van der Waals surface area contributed by atoms with Crippen molar-refractivity contribution in [3.8, 4) is 6.07 Å². The third kappa shape index (κ3) is 3.52. The molecule has 0 unspecified atom stereocenters. The van der Waals surface area contributed by atoms with Crippen LogP contribution in [-0.4, -0.2) is 27.7 Å². The second kappa shape index (κ2) is 7.16. The number of carbonyl (C=O) groups is 1. The second-order valence-electron chi connectivity index (χ2n) is 5.31. The highest BCUT2D eigenvalue weighted by molar-refractivity contribution is 6.29. The minimum absolute atomic E-state index is 0.144. The lowest BCUT2D eigenvalue weighted by Crippen LogP contribution is -2.32. The zero-order valence-corrected chi connectivity index (χ0v) is 13.8. The number of aromatic nitrogens is 2. The maximum Gasteiger partial charge on any atom is 0.413 e. The average Bonchev–Trinajstić information content (AvgIpc) is 2.61. The van der Waals surface area contributed by atoms with Crippen molar-refractivity contribution in [3.05, 3.63) is 65.1 Å². The summed E-state index contributed by atoms with van der Waals surface area (Å²) in [5, 5.41) is 21.0. The first-order chi connectivity index (χ1) is 12.1. The Hall–Kier alpha value is -3.17. The van der Waals surface area contributed by atoms with Crippen LogP contribution in [0, 0.1) is 11.3 Å². The van der Waals surface area contributed by atoms with E-state index in [0.717, 1.165) is 21.2 Å². The lowest BCUT2D eigenvalue weighted by Gasteiger charge is -2.19. The Labute approximate surface area is 148 Å². The maximum atomic E-state index is 11.6. The number of hydrogen-bond acceptors (Lipinski definition) is 4. The summed E-state index contributed by atoms with van der Waals surface area (Å²) >= 11 is 5.82. The Morgan fingerprint density at radius 2 is 2.04 bits per heavy atom. The van der Waals surface area contributed by atoms with Crippen molar-refractivity contribution in [1.29, 1.82) is 5.26 Å². The van der Waals surface area contributed by atoms with Gasteiger partial charge in [-0.2, -0.15) is 5.26 Å². The highest BCUT2D eigenvalue weighted by atomic mass is 35.5. The molecule has 6 nitrogen and oxygen atoms in total. The third-order valence-electron chi connectivity index (χ3n) is 3.87. The van der Waals surface area contributed by atoms with E-state index in [2.05, 4.69) is 16.0 Å². The summed E-state index contributed by atoms with van der Waals surface area (Å²) in [6.45, 7) is 0.144. The van der Waals surface area contributed by atoms with Gasteiger partial charge in [0.05, 0.1) is 11.6 Å². The molecule has 124 valence electrons. The lowest BCUT2D eigenvalue weighted by atomic mass is 9.97. The molecule has 0 aliphatic rings. The summed E-state index contributed by atoms with van der Waals surface area (Å²) in [4.78, 5) is 20.4. The lowest BCUT2D eigenvalue weighted by molar-refractivity contribution is 0.201. The summed E-state index contributed by atoms with van der Waals surface area (Å²) in [5.74, 6) is 0.200. The van der Waals surface area contributed by atoms with Gasteiger partial charge in [0, 0.05) is 12.6 Å². The average molecular weight is 353 g/mol. The third-order valence-corrected chi connectivity index (χ3v) is 4.08. The quantitative estimate of drug-likeness (QED) is 0.719. The molecule has 1 heterocycles. The first kappa shape index (κ1) is 16.7. The second-order valence-corrected chi connectivity index (χ2v) is 5.70. The van der Waals surface area contributed by atoms with Crippen molar-refractivity contribution >= 4 is 34.3 Å². The van der Waals surface area contributed by atoms with E-state index >= 15 is 0 Å². The topological polar surface area (TPSA) is 90.1 Å². The zero-order valence-electron chi connectivity index (χ0n) is 13.1. The molecule has 0 saturated heterocycles. The Bertz CT molecular complexity index is 984. The van der Waals surface area contributed by atoms with E-state index in [-0.39, 0.29) is 17.5 Å². The summed E-state index contributed by atoms with van der Waals surface area (Å²) in [5.41, 5.74) is 1.34. The number of amides is 1. The summed E-state index contributed by atoms with van der Waals surface area (Å²) in [6, 6.07) is 14.9. The fourth-order valence-corrected chi connectivity index (χ4v) is 2.85. The molecule has 0 fully saturated rings. The fourth-order valence-electron chi connectivity index (χ4n) is 2.71. The summed E-state index contributed by atoms with van der Waals surface area (Å²) < 4.78 is 0. The minimum Gasteiger partial charge on any atom is -0.465 e. The molecule has 3 aromatic rings. The van der Waals surface area contributed by atoms with Gasteiger partial charge in [0.1, 0.15) is 17.3 Å². The maximum absolute atomic E-state index is 11.6. The predicted molar refractivity (Wildman–Crippen MR) is 94.8 cm³/mol. The van der Waals surface area contributed by atoms with E-state index in [0.29, 0.717) is 12.0 Å². The Morgan fingerprint density at radius 1 is 1.24 bits per heavy atom. The van der Waals surface area contributed by atoms with Gasteiger partial charge in [-0.3, -0.25) is 4.90 Å². The standard InChI is InChI=1S/C18H13ClN4O2/c19-16-9-17(22-11-21-16)23(18(24)25)8-7-15-13(10-20)6-5-12-3-1-2-4-14(12)15/h1-6,9,11H,7-8H2,(H,24,25). The van der Waals surface area contributed by atoms with E-state index in [1.807, 2.05) is 30.3 Å². The smallest absolute Gasteiger partial charge is 0.413 e. The van der Waals surface area contributed by atoms with Crippen molar-refractivity contribution < 1.29 is 9.90 Å². The van der Waals surface area contributed by atoms with Gasteiger partial charge >= 0.3 is 6.09 Å². The molecule has 0 atom stereocenters. The van der Waals surface area contributed by atoms with Gasteiger partial charge in [0.15, 0.2) is 0 Å². The molecule has 0 bridgehead atoms. The first-order valence-corrected chi connectivity index (χ1v) is 7.86. The van der Waals surface area contributed by atoms with Crippen LogP contribution in [0.4, 0.5) is 10.6 Å². The van der Waals surface area contributed by atoms with Crippen molar-refractivity contribution in [2.75, 3.05) is 11.4 Å². The Kier molecular flexibility index (Phi) is 4.78. The van der Waals surface area contributed by atoms with Gasteiger partial charge in [0.2, 0.25) is 0 Å². The van der Waals surface area contributed by atoms with Gasteiger partial charge in [-0.1, -0.05) is 41.9 Å². The Balaban J connectivity index is 1.95. The van der Waals surface area contributed by atoms with Crippen LogP contribution in [-0.2, 0) is 6.42 Å². The van der Waals surface area contributed by atoms with Crippen LogP contribution >= 0.6 is 11.6 Å². The minimum atomic E-state index is -1.14. The number of anilines is 1. The van der Waals surface area contributed by atoms with Gasteiger partial charge in [0.25, 0.3) is 0 Å². The molecule has 0 spiro atoms. The molecule has 0 radical (unpaired) electrons. The normalized spacial score (nSPS) is 10.4. The van der Waals surface area contributed by atoms with Crippen LogP contribution in [0.15, 0.2) is 48.8 Å². The van der Waals surface area contributed by atoms with Crippen LogP contribution in [0.3, 0.4) is 0 Å². The molecule has 0 aliphatic heterocycles. The molecule has 1 aromatic heterocycles. The zero-order chi connectivity index (χ0) is 17.8. The number of nitrogens with zero attached hydrogens (tertiary/aromatic N) is 4. The van der Waals surface area contributed by atoms with Gasteiger partial charge in [-0.25, -0.2) is 14.8 Å². The van der Waals surface area contributed by atoms with Gasteiger partial charge < -0.3 is 5.11 Å². The predicted octanol–water partition coefficient (Wildman–Crippen LogP) is 3.88. The van der Waals surface area contributed by atoms with E-state index in [4.69, 9.17) is 11.6 Å². The van der Waals surface area contributed by atoms with Gasteiger partial charge in [-0.15, -0.1) is 0 Å². The molecule has 2 aromatic carbocycles. The van der Waals surface area contributed by atoms with Crippen molar-refractivity contribution in [3.63, 3.8) is 0 Å². The number of fused-ring (bicyclic) bond motifs is 1. The molecule has 1 amide bonds. The highest BCUT2D eigenvalue weighted by Gasteiger charge is 2.18. The fraction of sp³-hybridized carbons (Fsp3) is 0.111. The monoisotopic (exact) mass is 352 g/mol.